The van der Waals surface area contributed by atoms with E-state index in [0.29, 0.717) is 18.8 Å². The Bertz CT molecular complexity index is 1400. The number of nitrogens with zero attached hydrogens (tertiary/aromatic N) is 3. The van der Waals surface area contributed by atoms with E-state index in [1.54, 1.807) is 24.3 Å². The van der Waals surface area contributed by atoms with Crippen LogP contribution in [-0.4, -0.2) is 61.7 Å². The van der Waals surface area contributed by atoms with Crippen LogP contribution < -0.4 is 4.90 Å². The van der Waals surface area contributed by atoms with Crippen LogP contribution in [0.1, 0.15) is 12.0 Å². The van der Waals surface area contributed by atoms with Gasteiger partial charge in [-0.2, -0.15) is 4.31 Å². The molecule has 0 spiro atoms. The summed E-state index contributed by atoms with van der Waals surface area (Å²) < 4.78 is 28.6. The predicted molar refractivity (Wildman–Crippen MR) is 134 cm³/mol. The molecule has 34 heavy (non-hydrogen) atoms. The number of anilines is 1. The van der Waals surface area contributed by atoms with E-state index in [4.69, 9.17) is 0 Å². The zero-order valence-electron chi connectivity index (χ0n) is 18.6. The number of fused-ring (bicyclic) bond motifs is 1. The third kappa shape index (κ3) is 3.96. The van der Waals surface area contributed by atoms with Gasteiger partial charge >= 0.3 is 0 Å². The quantitative estimate of drug-likeness (QED) is 0.472. The number of imide groups is 1. The van der Waals surface area contributed by atoms with Crippen LogP contribution in [0.4, 0.5) is 5.69 Å². The van der Waals surface area contributed by atoms with Gasteiger partial charge in [0.05, 0.1) is 23.0 Å². The second kappa shape index (κ2) is 8.88. The van der Waals surface area contributed by atoms with Crippen molar-refractivity contribution in [2.45, 2.75) is 24.3 Å². The van der Waals surface area contributed by atoms with Crippen molar-refractivity contribution in [2.75, 3.05) is 31.1 Å². The van der Waals surface area contributed by atoms with Crippen molar-refractivity contribution in [1.29, 1.82) is 0 Å². The molecule has 0 radical (unpaired) electrons. The summed E-state index contributed by atoms with van der Waals surface area (Å²) in [6, 6.07) is 17.7. The summed E-state index contributed by atoms with van der Waals surface area (Å²) in [5.41, 5.74) is 1.45. The molecular weight excluding hydrogens is 518 g/mol. The van der Waals surface area contributed by atoms with Gasteiger partial charge in [0.2, 0.25) is 15.9 Å². The van der Waals surface area contributed by atoms with Crippen molar-refractivity contribution in [3.05, 3.63) is 70.7 Å². The highest BCUT2D eigenvalue weighted by Crippen LogP contribution is 2.32. The molecule has 0 unspecified atom stereocenters. The first kappa shape index (κ1) is 23.2. The van der Waals surface area contributed by atoms with E-state index in [9.17, 15) is 18.0 Å². The lowest BCUT2D eigenvalue weighted by Gasteiger charge is -2.36. The van der Waals surface area contributed by atoms with Gasteiger partial charge < -0.3 is 0 Å². The molecule has 0 N–H and O–H groups in total. The molecule has 5 rings (SSSR count). The van der Waals surface area contributed by atoms with Crippen molar-refractivity contribution in [2.24, 2.45) is 0 Å². The Morgan fingerprint density at radius 1 is 0.912 bits per heavy atom. The minimum absolute atomic E-state index is 0.0979. The number of hydrogen-bond acceptors (Lipinski definition) is 5. The molecule has 176 valence electrons. The Morgan fingerprint density at radius 3 is 2.35 bits per heavy atom. The fourth-order valence-electron chi connectivity index (χ4n) is 4.74. The molecule has 2 aliphatic heterocycles. The van der Waals surface area contributed by atoms with E-state index < -0.39 is 16.1 Å². The summed E-state index contributed by atoms with van der Waals surface area (Å²) in [4.78, 5) is 29.8. The molecule has 2 aliphatic rings. The number of piperazine rings is 1. The average molecular weight is 542 g/mol. The monoisotopic (exact) mass is 541 g/mol. The third-order valence-corrected chi connectivity index (χ3v) is 9.40. The van der Waals surface area contributed by atoms with Gasteiger partial charge in [-0.3, -0.25) is 14.5 Å². The number of sulfonamides is 1. The maximum Gasteiger partial charge on any atom is 0.251 e. The fraction of sp³-hybridized carbons (Fsp3) is 0.280. The van der Waals surface area contributed by atoms with E-state index in [2.05, 4.69) is 15.9 Å². The topological polar surface area (TPSA) is 78.0 Å². The number of aryl methyl sites for hydroxylation is 1. The maximum atomic E-state index is 13.4. The van der Waals surface area contributed by atoms with Crippen LogP contribution in [0.2, 0.25) is 0 Å². The van der Waals surface area contributed by atoms with Gasteiger partial charge in [-0.1, -0.05) is 52.3 Å². The van der Waals surface area contributed by atoms with E-state index in [1.807, 2.05) is 48.2 Å². The van der Waals surface area contributed by atoms with E-state index in [0.717, 1.165) is 20.8 Å². The summed E-state index contributed by atoms with van der Waals surface area (Å²) in [6.07, 6.45) is 0.0979. The summed E-state index contributed by atoms with van der Waals surface area (Å²) >= 11 is 3.40. The van der Waals surface area contributed by atoms with Crippen molar-refractivity contribution in [3.63, 3.8) is 0 Å². The summed E-state index contributed by atoms with van der Waals surface area (Å²) in [5, 5.41) is 1.82. The smallest absolute Gasteiger partial charge is 0.251 e. The molecule has 2 heterocycles. The molecule has 2 amide bonds. The molecule has 0 bridgehead atoms. The van der Waals surface area contributed by atoms with Crippen LogP contribution >= 0.6 is 15.9 Å². The normalized spacial score (nSPS) is 20.4. The Kier molecular flexibility index (Phi) is 6.05. The van der Waals surface area contributed by atoms with Gasteiger partial charge in [-0.25, -0.2) is 13.3 Å². The highest BCUT2D eigenvalue weighted by Gasteiger charge is 2.44. The maximum absolute atomic E-state index is 13.4. The van der Waals surface area contributed by atoms with Gasteiger partial charge in [0.25, 0.3) is 5.91 Å². The number of carbonyl (C=O) groups excluding carboxylic acids is 2. The lowest BCUT2D eigenvalue weighted by atomic mass is 10.1. The fourth-order valence-corrected chi connectivity index (χ4v) is 6.49. The number of benzene rings is 3. The van der Waals surface area contributed by atoms with Crippen LogP contribution in [0, 0.1) is 6.92 Å². The molecular formula is C25H24BrN3O4S. The van der Waals surface area contributed by atoms with Crippen molar-refractivity contribution < 1.29 is 18.0 Å². The van der Waals surface area contributed by atoms with Crippen molar-refractivity contribution in [1.82, 2.24) is 9.21 Å². The van der Waals surface area contributed by atoms with Gasteiger partial charge in [0.15, 0.2) is 0 Å². The molecule has 3 aromatic rings. The molecule has 7 nitrogen and oxygen atoms in total. The van der Waals surface area contributed by atoms with Crippen molar-refractivity contribution in [3.8, 4) is 0 Å². The average Bonchev–Trinajstić information content (AvgIpc) is 3.14. The zero-order valence-corrected chi connectivity index (χ0v) is 21.0. The van der Waals surface area contributed by atoms with E-state index in [1.165, 1.54) is 9.21 Å². The minimum Gasteiger partial charge on any atom is -0.289 e. The number of halogens is 1. The molecule has 1 atom stereocenters. The highest BCUT2D eigenvalue weighted by atomic mass is 79.9. The predicted octanol–water partition coefficient (Wildman–Crippen LogP) is 3.55. The highest BCUT2D eigenvalue weighted by molar-refractivity contribution is 9.10. The van der Waals surface area contributed by atoms with Gasteiger partial charge in [0, 0.05) is 36.0 Å². The Morgan fingerprint density at radius 2 is 1.62 bits per heavy atom. The number of carbonyl (C=O) groups is 2. The van der Waals surface area contributed by atoms with Gasteiger partial charge in [0.1, 0.15) is 0 Å². The SMILES string of the molecule is Cc1cc(S(=O)(=O)N2CCN([C@H]3CC(=O)N(c4cccc5ccccc45)C3=O)CC2)ccc1Br. The number of hydrogen-bond donors (Lipinski definition) is 0. The molecule has 9 heteroatoms. The Labute approximate surface area is 207 Å². The van der Waals surface area contributed by atoms with Crippen LogP contribution in [0.25, 0.3) is 10.8 Å². The Hall–Kier alpha value is -2.59. The summed E-state index contributed by atoms with van der Waals surface area (Å²) in [6.45, 7) is 3.17. The van der Waals surface area contributed by atoms with Crippen LogP contribution in [0.15, 0.2) is 70.0 Å². The summed E-state index contributed by atoms with van der Waals surface area (Å²) in [5.74, 6) is -0.479. The van der Waals surface area contributed by atoms with Crippen LogP contribution in [0.3, 0.4) is 0 Å². The number of rotatable bonds is 4. The van der Waals surface area contributed by atoms with Crippen molar-refractivity contribution >= 4 is 54.2 Å². The minimum atomic E-state index is -3.63. The molecule has 0 aliphatic carbocycles. The first-order valence-electron chi connectivity index (χ1n) is 11.1. The van der Waals surface area contributed by atoms with Gasteiger partial charge in [-0.15, -0.1) is 0 Å². The third-order valence-electron chi connectivity index (χ3n) is 6.61. The summed E-state index contributed by atoms with van der Waals surface area (Å²) in [7, 11) is -3.63. The molecule has 3 aromatic carbocycles. The molecule has 2 saturated heterocycles. The largest absolute Gasteiger partial charge is 0.289 e. The molecule has 0 aromatic heterocycles. The second-order valence-electron chi connectivity index (χ2n) is 8.64. The first-order valence-corrected chi connectivity index (χ1v) is 13.4. The number of amides is 2. The standard InChI is InChI=1S/C25H24BrN3O4S/c1-17-15-19(9-10-21(17)26)34(32,33)28-13-11-27(12-14-28)23-16-24(30)29(25(23)31)22-8-4-6-18-5-2-3-7-20(18)22/h2-10,15,23H,11-14,16H2,1H3/t23-/m0/s1. The molecule has 0 saturated carbocycles. The van der Waals surface area contributed by atoms with E-state index >= 15 is 0 Å². The lowest BCUT2D eigenvalue weighted by molar-refractivity contribution is -0.123. The van der Waals surface area contributed by atoms with Gasteiger partial charge in [-0.05, 0) is 42.1 Å². The zero-order chi connectivity index (χ0) is 24.0. The van der Waals surface area contributed by atoms with Crippen LogP contribution in [0.5, 0.6) is 0 Å². The second-order valence-corrected chi connectivity index (χ2v) is 11.4. The Balaban J connectivity index is 1.32. The molecule has 2 fully saturated rings. The first-order chi connectivity index (χ1) is 16.3. The van der Waals surface area contributed by atoms with E-state index in [-0.39, 0.29) is 36.2 Å². The lowest BCUT2D eigenvalue weighted by Crippen LogP contribution is -2.53. The van der Waals surface area contributed by atoms with Crippen LogP contribution in [-0.2, 0) is 19.6 Å².